The molecular weight excluding hydrogens is 493 g/mol. The molecule has 9 heteroatoms. The van der Waals surface area contributed by atoms with Gasteiger partial charge in [-0.25, -0.2) is 12.8 Å². The molecule has 1 N–H and O–H groups in total. The van der Waals surface area contributed by atoms with Crippen LogP contribution in [0.25, 0.3) is 0 Å². The van der Waals surface area contributed by atoms with Crippen LogP contribution in [0.5, 0.6) is 0 Å². The Kier molecular flexibility index (Phi) is 9.04. The van der Waals surface area contributed by atoms with Crippen LogP contribution in [-0.2, 0) is 26.2 Å². The summed E-state index contributed by atoms with van der Waals surface area (Å²) in [5, 5.41) is 2.80. The number of para-hydroxylation sites is 1. The van der Waals surface area contributed by atoms with Crippen LogP contribution in [0.3, 0.4) is 0 Å². The van der Waals surface area contributed by atoms with Crippen molar-refractivity contribution in [2.75, 3.05) is 10.8 Å². The van der Waals surface area contributed by atoms with Gasteiger partial charge in [-0.05, 0) is 63.1 Å². The molecule has 3 aromatic carbocycles. The molecule has 0 heterocycles. The van der Waals surface area contributed by atoms with Gasteiger partial charge in [-0.15, -0.1) is 0 Å². The van der Waals surface area contributed by atoms with Crippen molar-refractivity contribution in [3.05, 3.63) is 95.8 Å². The molecule has 0 radical (unpaired) electrons. The Bertz CT molecular complexity index is 1350. The summed E-state index contributed by atoms with van der Waals surface area (Å²) in [4.78, 5) is 27.9. The highest BCUT2D eigenvalue weighted by Crippen LogP contribution is 2.27. The summed E-state index contributed by atoms with van der Waals surface area (Å²) in [5.41, 5.74) is 1.47. The summed E-state index contributed by atoms with van der Waals surface area (Å²) >= 11 is 0. The lowest BCUT2D eigenvalue weighted by atomic mass is 10.1. The highest BCUT2D eigenvalue weighted by Gasteiger charge is 2.33. The van der Waals surface area contributed by atoms with Gasteiger partial charge in [0.15, 0.2) is 0 Å². The van der Waals surface area contributed by atoms with E-state index in [0.29, 0.717) is 0 Å². The molecule has 37 heavy (non-hydrogen) atoms. The summed E-state index contributed by atoms with van der Waals surface area (Å²) in [6, 6.07) is 19.3. The number of carbonyl (C=O) groups excluding carboxylic acids is 2. The first-order valence-corrected chi connectivity index (χ1v) is 13.4. The van der Waals surface area contributed by atoms with Gasteiger partial charge >= 0.3 is 0 Å². The second-order valence-electron chi connectivity index (χ2n) is 9.06. The molecule has 0 aliphatic carbocycles. The summed E-state index contributed by atoms with van der Waals surface area (Å²) in [6.45, 7) is 6.49. The quantitative estimate of drug-likeness (QED) is 0.428. The molecule has 196 valence electrons. The van der Waals surface area contributed by atoms with Gasteiger partial charge < -0.3 is 10.2 Å². The minimum atomic E-state index is -4.31. The van der Waals surface area contributed by atoms with Gasteiger partial charge in [-0.1, -0.05) is 54.6 Å². The van der Waals surface area contributed by atoms with Crippen LogP contribution in [0, 0.1) is 12.7 Å². The number of rotatable bonds is 10. The number of amides is 2. The maximum atomic E-state index is 14.9. The van der Waals surface area contributed by atoms with Crippen LogP contribution in [0.2, 0.25) is 0 Å². The molecular formula is C28H32FN3O4S. The monoisotopic (exact) mass is 525 g/mol. The molecule has 2 amide bonds. The fourth-order valence-corrected chi connectivity index (χ4v) is 5.29. The fourth-order valence-electron chi connectivity index (χ4n) is 3.85. The van der Waals surface area contributed by atoms with Crippen molar-refractivity contribution >= 4 is 27.5 Å². The average molecular weight is 526 g/mol. The minimum Gasteiger partial charge on any atom is -0.352 e. The third-order valence-corrected chi connectivity index (χ3v) is 7.71. The molecule has 0 unspecified atom stereocenters. The van der Waals surface area contributed by atoms with E-state index < -0.39 is 34.3 Å². The zero-order chi connectivity index (χ0) is 27.2. The van der Waals surface area contributed by atoms with Crippen LogP contribution in [-0.4, -0.2) is 43.8 Å². The smallest absolute Gasteiger partial charge is 0.264 e. The van der Waals surface area contributed by atoms with Crippen molar-refractivity contribution in [2.24, 2.45) is 0 Å². The molecule has 7 nitrogen and oxygen atoms in total. The number of halogens is 1. The van der Waals surface area contributed by atoms with Crippen LogP contribution in [0.15, 0.2) is 83.8 Å². The molecule has 0 bridgehead atoms. The molecule has 0 saturated carbocycles. The Hall–Kier alpha value is -3.72. The third-order valence-electron chi connectivity index (χ3n) is 5.93. The first-order valence-electron chi connectivity index (χ1n) is 12.0. The molecule has 0 spiro atoms. The first-order chi connectivity index (χ1) is 17.5. The lowest BCUT2D eigenvalue weighted by molar-refractivity contribution is -0.139. The van der Waals surface area contributed by atoms with Crippen LogP contribution in [0.4, 0.5) is 10.1 Å². The average Bonchev–Trinajstić information content (AvgIpc) is 2.87. The number of sulfonamides is 1. The number of hydrogen-bond acceptors (Lipinski definition) is 4. The van der Waals surface area contributed by atoms with E-state index >= 15 is 0 Å². The largest absolute Gasteiger partial charge is 0.352 e. The van der Waals surface area contributed by atoms with E-state index in [1.54, 1.807) is 25.1 Å². The number of nitrogens with zero attached hydrogens (tertiary/aromatic N) is 2. The van der Waals surface area contributed by atoms with Crippen molar-refractivity contribution in [3.63, 3.8) is 0 Å². The standard InChI is InChI=1S/C28H32FN3O4S/c1-20(2)30-28(34)22(4)31(18-23-13-9-8-12-21(23)3)27(33)19-32(26-17-11-10-16-25(26)29)37(35,36)24-14-6-5-7-15-24/h5-17,20,22H,18-19H2,1-4H3,(H,30,34)/t22-/m1/s1. The van der Waals surface area contributed by atoms with Crippen LogP contribution in [0.1, 0.15) is 31.9 Å². The second-order valence-corrected chi connectivity index (χ2v) is 10.9. The van der Waals surface area contributed by atoms with Gasteiger partial charge in [-0.2, -0.15) is 0 Å². The highest BCUT2D eigenvalue weighted by molar-refractivity contribution is 7.92. The van der Waals surface area contributed by atoms with Crippen molar-refractivity contribution in [1.29, 1.82) is 0 Å². The summed E-state index contributed by atoms with van der Waals surface area (Å²) in [6.07, 6.45) is 0. The van der Waals surface area contributed by atoms with E-state index in [2.05, 4.69) is 5.32 Å². The van der Waals surface area contributed by atoms with Gasteiger partial charge in [0.05, 0.1) is 10.6 Å². The van der Waals surface area contributed by atoms with Crippen molar-refractivity contribution in [2.45, 2.75) is 51.2 Å². The summed E-state index contributed by atoms with van der Waals surface area (Å²) in [5.74, 6) is -1.80. The van der Waals surface area contributed by atoms with Gasteiger partial charge in [0.2, 0.25) is 11.8 Å². The highest BCUT2D eigenvalue weighted by atomic mass is 32.2. The lowest BCUT2D eigenvalue weighted by Gasteiger charge is -2.32. The van der Waals surface area contributed by atoms with E-state index in [9.17, 15) is 22.4 Å². The number of benzene rings is 3. The van der Waals surface area contributed by atoms with E-state index in [0.717, 1.165) is 21.5 Å². The maximum Gasteiger partial charge on any atom is 0.264 e. The van der Waals surface area contributed by atoms with Gasteiger partial charge in [0, 0.05) is 12.6 Å². The normalized spacial score (nSPS) is 12.2. The number of carbonyl (C=O) groups is 2. The Balaban J connectivity index is 2.04. The number of hydrogen-bond donors (Lipinski definition) is 1. The predicted molar refractivity (Wildman–Crippen MR) is 142 cm³/mol. The van der Waals surface area contributed by atoms with Crippen LogP contribution < -0.4 is 9.62 Å². The van der Waals surface area contributed by atoms with E-state index in [1.807, 2.05) is 45.0 Å². The molecule has 3 rings (SSSR count). The van der Waals surface area contributed by atoms with Crippen molar-refractivity contribution < 1.29 is 22.4 Å². The molecule has 0 aliphatic rings. The molecule has 0 saturated heterocycles. The van der Waals surface area contributed by atoms with E-state index in [1.165, 1.54) is 35.2 Å². The third kappa shape index (κ3) is 6.74. The Labute approximate surface area is 218 Å². The summed E-state index contributed by atoms with van der Waals surface area (Å²) < 4.78 is 42.9. The SMILES string of the molecule is Cc1ccccc1CN(C(=O)CN(c1ccccc1F)S(=O)(=O)c1ccccc1)[C@H](C)C(=O)NC(C)C. The zero-order valence-electron chi connectivity index (χ0n) is 21.4. The number of aryl methyl sites for hydroxylation is 1. The topological polar surface area (TPSA) is 86.8 Å². The molecule has 0 fully saturated rings. The zero-order valence-corrected chi connectivity index (χ0v) is 22.2. The number of nitrogens with one attached hydrogen (secondary N) is 1. The number of anilines is 1. The Morgan fingerprint density at radius 3 is 2.11 bits per heavy atom. The molecule has 3 aromatic rings. The second kappa shape index (κ2) is 12.0. The summed E-state index contributed by atoms with van der Waals surface area (Å²) in [7, 11) is -4.31. The first kappa shape index (κ1) is 27.9. The van der Waals surface area contributed by atoms with Crippen molar-refractivity contribution in [3.8, 4) is 0 Å². The maximum absolute atomic E-state index is 14.9. The Morgan fingerprint density at radius 2 is 1.49 bits per heavy atom. The predicted octanol–water partition coefficient (Wildman–Crippen LogP) is 4.27. The van der Waals surface area contributed by atoms with Gasteiger partial charge in [0.25, 0.3) is 10.0 Å². The van der Waals surface area contributed by atoms with Gasteiger partial charge in [-0.3, -0.25) is 13.9 Å². The van der Waals surface area contributed by atoms with Crippen LogP contribution >= 0.6 is 0 Å². The van der Waals surface area contributed by atoms with E-state index in [-0.39, 0.29) is 29.1 Å². The van der Waals surface area contributed by atoms with E-state index in [4.69, 9.17) is 0 Å². The molecule has 0 aliphatic heterocycles. The van der Waals surface area contributed by atoms with Crippen molar-refractivity contribution in [1.82, 2.24) is 10.2 Å². The van der Waals surface area contributed by atoms with Gasteiger partial charge in [0.1, 0.15) is 18.4 Å². The fraction of sp³-hybridized carbons (Fsp3) is 0.286. The lowest BCUT2D eigenvalue weighted by Crippen LogP contribution is -2.52. The molecule has 0 aromatic heterocycles. The molecule has 1 atom stereocenters. The Morgan fingerprint density at radius 1 is 0.892 bits per heavy atom. The minimum absolute atomic E-state index is 0.0781.